The number of para-hydroxylation sites is 1. The molecule has 1 aromatic carbocycles. The molecular weight excluding hydrogens is 250 g/mol. The van der Waals surface area contributed by atoms with Crippen LogP contribution in [0.15, 0.2) is 18.2 Å². The molecule has 1 aliphatic heterocycles. The summed E-state index contributed by atoms with van der Waals surface area (Å²) in [4.78, 5) is 12.4. The van der Waals surface area contributed by atoms with E-state index in [-0.39, 0.29) is 37.4 Å². The molecule has 1 aliphatic carbocycles. The highest BCUT2D eigenvalue weighted by Gasteiger charge is 2.38. The van der Waals surface area contributed by atoms with Crippen molar-refractivity contribution in [3.8, 4) is 5.75 Å². The van der Waals surface area contributed by atoms with Crippen molar-refractivity contribution in [2.75, 3.05) is 6.61 Å². The number of hydrogen-bond donors (Lipinski definition) is 0. The van der Waals surface area contributed by atoms with E-state index in [1.54, 1.807) is 6.07 Å². The van der Waals surface area contributed by atoms with Crippen molar-refractivity contribution in [2.24, 2.45) is 5.92 Å². The van der Waals surface area contributed by atoms with E-state index in [1.807, 2.05) is 12.1 Å². The van der Waals surface area contributed by atoms with Gasteiger partial charge in [0, 0.05) is 25.2 Å². The lowest BCUT2D eigenvalue weighted by Crippen LogP contribution is -2.28. The fourth-order valence-electron chi connectivity index (χ4n) is 2.93. The van der Waals surface area contributed by atoms with Gasteiger partial charge < -0.3 is 4.74 Å². The van der Waals surface area contributed by atoms with Gasteiger partial charge in [-0.2, -0.15) is 0 Å². The lowest BCUT2D eigenvalue weighted by molar-refractivity contribution is -0.0424. The van der Waals surface area contributed by atoms with Crippen LogP contribution in [0.4, 0.5) is 8.78 Å². The second kappa shape index (κ2) is 4.58. The number of benzene rings is 1. The molecule has 0 aromatic heterocycles. The van der Waals surface area contributed by atoms with Crippen molar-refractivity contribution in [3.63, 3.8) is 0 Å². The molecule has 0 unspecified atom stereocenters. The van der Waals surface area contributed by atoms with E-state index >= 15 is 0 Å². The van der Waals surface area contributed by atoms with E-state index in [0.29, 0.717) is 17.9 Å². The Hall–Kier alpha value is -1.45. The van der Waals surface area contributed by atoms with Crippen molar-refractivity contribution in [2.45, 2.75) is 38.0 Å². The van der Waals surface area contributed by atoms with Gasteiger partial charge in [0.05, 0.1) is 12.2 Å². The molecule has 3 rings (SSSR count). The first-order valence-electron chi connectivity index (χ1n) is 6.73. The smallest absolute Gasteiger partial charge is 0.248 e. The fourth-order valence-corrected chi connectivity index (χ4v) is 2.93. The SMILES string of the molecule is O=C(c1cccc2c1OCC2)C1CCC(F)(F)CC1. The lowest BCUT2D eigenvalue weighted by Gasteiger charge is -2.27. The summed E-state index contributed by atoms with van der Waals surface area (Å²) in [6.45, 7) is 0.600. The highest BCUT2D eigenvalue weighted by atomic mass is 19.3. The normalized spacial score (nSPS) is 21.8. The number of hydrogen-bond acceptors (Lipinski definition) is 2. The maximum atomic E-state index is 13.1. The van der Waals surface area contributed by atoms with Crippen molar-refractivity contribution in [3.05, 3.63) is 29.3 Å². The zero-order valence-electron chi connectivity index (χ0n) is 10.6. The van der Waals surface area contributed by atoms with E-state index in [9.17, 15) is 13.6 Å². The molecule has 1 saturated carbocycles. The standard InChI is InChI=1S/C15H16F2O2/c16-15(17)7-4-10(5-8-15)13(18)12-3-1-2-11-6-9-19-14(11)12/h1-3,10H,4-9H2. The summed E-state index contributed by atoms with van der Waals surface area (Å²) in [5.74, 6) is -2.24. The van der Waals surface area contributed by atoms with Crippen LogP contribution in [0.1, 0.15) is 41.6 Å². The zero-order chi connectivity index (χ0) is 13.5. The summed E-state index contributed by atoms with van der Waals surface area (Å²) >= 11 is 0. The zero-order valence-corrected chi connectivity index (χ0v) is 10.6. The quantitative estimate of drug-likeness (QED) is 0.764. The first-order chi connectivity index (χ1) is 9.07. The Morgan fingerprint density at radius 2 is 2.00 bits per heavy atom. The highest BCUT2D eigenvalue weighted by molar-refractivity contribution is 6.00. The number of ketones is 1. The van der Waals surface area contributed by atoms with Crippen molar-refractivity contribution in [1.29, 1.82) is 0 Å². The minimum atomic E-state index is -2.59. The molecule has 1 fully saturated rings. The van der Waals surface area contributed by atoms with Crippen LogP contribution in [0.3, 0.4) is 0 Å². The second-order valence-corrected chi connectivity index (χ2v) is 5.39. The molecule has 0 N–H and O–H groups in total. The Morgan fingerprint density at radius 1 is 1.26 bits per heavy atom. The molecule has 102 valence electrons. The van der Waals surface area contributed by atoms with Crippen LogP contribution >= 0.6 is 0 Å². The molecule has 19 heavy (non-hydrogen) atoms. The second-order valence-electron chi connectivity index (χ2n) is 5.39. The first-order valence-corrected chi connectivity index (χ1v) is 6.73. The van der Waals surface area contributed by atoms with Crippen LogP contribution in [-0.4, -0.2) is 18.3 Å². The molecule has 0 bridgehead atoms. The number of halogens is 2. The maximum absolute atomic E-state index is 13.1. The third-order valence-electron chi connectivity index (χ3n) is 4.07. The average Bonchev–Trinajstić information content (AvgIpc) is 2.86. The van der Waals surface area contributed by atoms with Gasteiger partial charge in [0.25, 0.3) is 0 Å². The molecule has 4 heteroatoms. The molecular formula is C15H16F2O2. The number of carbonyl (C=O) groups excluding carboxylic acids is 1. The van der Waals surface area contributed by atoms with Gasteiger partial charge in [-0.3, -0.25) is 4.79 Å². The molecule has 0 atom stereocenters. The summed E-state index contributed by atoms with van der Waals surface area (Å²) in [5, 5.41) is 0. The van der Waals surface area contributed by atoms with Gasteiger partial charge in [-0.05, 0) is 24.5 Å². The van der Waals surface area contributed by atoms with Gasteiger partial charge in [0.1, 0.15) is 5.75 Å². The topological polar surface area (TPSA) is 26.3 Å². The van der Waals surface area contributed by atoms with E-state index in [1.165, 1.54) is 0 Å². The van der Waals surface area contributed by atoms with Gasteiger partial charge in [0.15, 0.2) is 5.78 Å². The van der Waals surface area contributed by atoms with Crippen molar-refractivity contribution in [1.82, 2.24) is 0 Å². The number of fused-ring (bicyclic) bond motifs is 1. The van der Waals surface area contributed by atoms with Gasteiger partial charge in [-0.15, -0.1) is 0 Å². The molecule has 1 aromatic rings. The van der Waals surface area contributed by atoms with Crippen LogP contribution in [0.5, 0.6) is 5.75 Å². The minimum Gasteiger partial charge on any atom is -0.492 e. The van der Waals surface area contributed by atoms with E-state index in [0.717, 1.165) is 12.0 Å². The van der Waals surface area contributed by atoms with Gasteiger partial charge in [-0.1, -0.05) is 12.1 Å². The summed E-state index contributed by atoms with van der Waals surface area (Å²) in [6, 6.07) is 5.55. The van der Waals surface area contributed by atoms with Gasteiger partial charge in [-0.25, -0.2) is 8.78 Å². The summed E-state index contributed by atoms with van der Waals surface area (Å²) < 4.78 is 31.8. The van der Waals surface area contributed by atoms with Crippen LogP contribution in [0.2, 0.25) is 0 Å². The molecule has 0 amide bonds. The molecule has 0 radical (unpaired) electrons. The Kier molecular flexibility index (Phi) is 3.03. The number of carbonyl (C=O) groups is 1. The Labute approximate surface area is 110 Å². The van der Waals surface area contributed by atoms with Crippen LogP contribution in [-0.2, 0) is 6.42 Å². The lowest BCUT2D eigenvalue weighted by atomic mass is 9.81. The van der Waals surface area contributed by atoms with Crippen LogP contribution < -0.4 is 4.74 Å². The van der Waals surface area contributed by atoms with Crippen molar-refractivity contribution < 1.29 is 18.3 Å². The Balaban J connectivity index is 1.80. The Bertz CT molecular complexity index is 501. The molecule has 0 spiro atoms. The number of alkyl halides is 2. The molecule has 1 heterocycles. The fraction of sp³-hybridized carbons (Fsp3) is 0.533. The molecule has 0 saturated heterocycles. The third-order valence-corrected chi connectivity index (χ3v) is 4.07. The van der Waals surface area contributed by atoms with Gasteiger partial charge >= 0.3 is 0 Å². The van der Waals surface area contributed by atoms with Crippen LogP contribution in [0.25, 0.3) is 0 Å². The summed E-state index contributed by atoms with van der Waals surface area (Å²) in [7, 11) is 0. The number of rotatable bonds is 2. The predicted octanol–water partition coefficient (Wildman–Crippen LogP) is 3.63. The summed E-state index contributed by atoms with van der Waals surface area (Å²) in [5.41, 5.74) is 1.62. The number of ether oxygens (including phenoxy) is 1. The number of Topliss-reactive ketones (excluding diaryl/α,β-unsaturated/α-hetero) is 1. The predicted molar refractivity (Wildman–Crippen MR) is 66.9 cm³/mol. The summed E-state index contributed by atoms with van der Waals surface area (Å²) in [6.07, 6.45) is 1.00. The Morgan fingerprint density at radius 3 is 2.74 bits per heavy atom. The maximum Gasteiger partial charge on any atom is 0.248 e. The van der Waals surface area contributed by atoms with E-state index in [2.05, 4.69) is 0 Å². The monoisotopic (exact) mass is 266 g/mol. The van der Waals surface area contributed by atoms with Gasteiger partial charge in [0.2, 0.25) is 5.92 Å². The minimum absolute atomic E-state index is 0.0331. The van der Waals surface area contributed by atoms with E-state index in [4.69, 9.17) is 4.74 Å². The largest absolute Gasteiger partial charge is 0.492 e. The molecule has 2 aliphatic rings. The van der Waals surface area contributed by atoms with E-state index < -0.39 is 5.92 Å². The van der Waals surface area contributed by atoms with Crippen molar-refractivity contribution >= 4 is 5.78 Å². The van der Waals surface area contributed by atoms with Crippen LogP contribution in [0, 0.1) is 5.92 Å². The highest BCUT2D eigenvalue weighted by Crippen LogP contribution is 2.39. The third kappa shape index (κ3) is 2.36. The first kappa shape index (κ1) is 12.6. The molecule has 2 nitrogen and oxygen atoms in total. The average molecular weight is 266 g/mol.